The monoisotopic (exact) mass is 440 g/mol. The molecule has 0 aliphatic heterocycles. The Bertz CT molecular complexity index is 961. The number of ether oxygens (including phenoxy) is 1. The fraction of sp³-hybridized carbons (Fsp3) is 0.136. The Morgan fingerprint density at radius 2 is 1.55 bits per heavy atom. The first-order chi connectivity index (χ1) is 14.1. The molecule has 0 saturated carbocycles. The second kappa shape index (κ2) is 10.7. The van der Waals surface area contributed by atoms with Crippen LogP contribution in [0.1, 0.15) is 16.7 Å². The highest BCUT2D eigenvalue weighted by Crippen LogP contribution is 2.33. The molecule has 0 saturated heterocycles. The van der Waals surface area contributed by atoms with Gasteiger partial charge in [-0.3, -0.25) is 4.79 Å². The summed E-state index contributed by atoms with van der Waals surface area (Å²) in [4.78, 5) is 12.4. The highest BCUT2D eigenvalue weighted by molar-refractivity contribution is 6.39. The summed E-state index contributed by atoms with van der Waals surface area (Å²) >= 11 is 15.0. The van der Waals surface area contributed by atoms with Gasteiger partial charge in [-0.2, -0.15) is 0 Å². The van der Waals surface area contributed by atoms with Crippen LogP contribution in [0.25, 0.3) is 0 Å². The molecule has 146 valence electrons. The largest absolute Gasteiger partial charge is 0.461 e. The van der Waals surface area contributed by atoms with Crippen molar-refractivity contribution in [3.05, 3.63) is 93.5 Å². The van der Waals surface area contributed by atoms with E-state index in [1.807, 2.05) is 48.5 Å². The third-order valence-corrected chi connectivity index (χ3v) is 5.14. The zero-order valence-electron chi connectivity index (χ0n) is 15.6. The molecule has 0 aromatic heterocycles. The maximum absolute atomic E-state index is 12.4. The van der Waals surface area contributed by atoms with Crippen LogP contribution in [0.3, 0.4) is 0 Å². The molecule has 0 atom stereocenters. The van der Waals surface area contributed by atoms with E-state index in [0.29, 0.717) is 15.7 Å². The van der Waals surface area contributed by atoms with Crippen LogP contribution < -0.4 is 9.62 Å². The molecule has 4 nitrogen and oxygen atoms in total. The zero-order valence-corrected chi connectivity index (χ0v) is 18.3. The summed E-state index contributed by atoms with van der Waals surface area (Å²) in [5.74, 6) is -0.305. The average molecular weight is 441 g/mol. The molecule has 0 aliphatic carbocycles. The Labute approximate surface area is 188 Å². The first kappa shape index (κ1) is 21.7. The summed E-state index contributed by atoms with van der Waals surface area (Å²) < 4.78 is 8.47. The summed E-state index contributed by atoms with van der Waals surface area (Å²) in [6, 6.07) is 20.7. The van der Waals surface area contributed by atoms with Gasteiger partial charge < -0.3 is 14.4 Å². The smallest absolute Gasteiger partial charge is 0.310 e. The number of rotatable bonds is 8. The van der Waals surface area contributed by atoms with Crippen LogP contribution in [0.2, 0.25) is 10.0 Å². The molecule has 2 N–H and O–H groups in total. The van der Waals surface area contributed by atoms with Gasteiger partial charge in [-0.1, -0.05) is 71.7 Å². The maximum atomic E-state index is 12.4. The van der Waals surface area contributed by atoms with E-state index in [4.69, 9.17) is 27.9 Å². The van der Waals surface area contributed by atoms with Crippen molar-refractivity contribution in [2.75, 3.05) is 5.32 Å². The number of hydrogen-bond donors (Lipinski definition) is 2. The van der Waals surface area contributed by atoms with E-state index in [1.54, 1.807) is 18.2 Å². The molecular formula is C22H19AlCl2N2O2. The minimum atomic E-state index is -0.305. The summed E-state index contributed by atoms with van der Waals surface area (Å²) in [6.07, 6.45) is 0.139. The molecule has 0 unspecified atom stereocenters. The number of nitrogens with one attached hydrogen (secondary N) is 2. The van der Waals surface area contributed by atoms with Crippen LogP contribution in [0.4, 0.5) is 11.4 Å². The van der Waals surface area contributed by atoms with Crippen molar-refractivity contribution in [3.8, 4) is 0 Å². The average Bonchev–Trinajstić information content (AvgIpc) is 2.72. The van der Waals surface area contributed by atoms with Crippen molar-refractivity contribution in [1.82, 2.24) is 4.30 Å². The van der Waals surface area contributed by atoms with Crippen molar-refractivity contribution < 1.29 is 9.53 Å². The molecule has 3 aromatic carbocycles. The molecule has 0 bridgehead atoms. The molecule has 2 radical (unpaired) electrons. The highest BCUT2D eigenvalue weighted by atomic mass is 35.5. The number of halogens is 2. The molecule has 0 heterocycles. The van der Waals surface area contributed by atoms with E-state index >= 15 is 0 Å². The van der Waals surface area contributed by atoms with Gasteiger partial charge in [-0.25, -0.2) is 0 Å². The second-order valence-corrected chi connectivity index (χ2v) is 7.64. The summed E-state index contributed by atoms with van der Waals surface area (Å²) in [5.41, 5.74) is 4.27. The fourth-order valence-corrected chi connectivity index (χ4v) is 3.52. The predicted octanol–water partition coefficient (Wildman–Crippen LogP) is 5.20. The molecular weight excluding hydrogens is 422 g/mol. The highest BCUT2D eigenvalue weighted by Gasteiger charge is 2.12. The van der Waals surface area contributed by atoms with E-state index in [2.05, 4.69) is 26.1 Å². The Kier molecular flexibility index (Phi) is 8.00. The van der Waals surface area contributed by atoms with E-state index in [0.717, 1.165) is 28.9 Å². The van der Waals surface area contributed by atoms with E-state index in [9.17, 15) is 4.79 Å². The van der Waals surface area contributed by atoms with Crippen LogP contribution in [0.5, 0.6) is 0 Å². The second-order valence-electron chi connectivity index (χ2n) is 6.41. The standard InChI is InChI=1S/C22H19Cl2N2O2.Al/c23-18-5-3-6-19(24)22(18)26-20-7-2-1-4-17(20)12-21(27)28-14-16-10-8-15(13-25)9-11-16;/h1-11,25-26H,12-14H2;/q-1;+1. The van der Waals surface area contributed by atoms with Crippen molar-refractivity contribution in [2.45, 2.75) is 19.6 Å². The van der Waals surface area contributed by atoms with Gasteiger partial charge in [-0.15, -0.1) is 0 Å². The van der Waals surface area contributed by atoms with Crippen LogP contribution >= 0.6 is 23.2 Å². The lowest BCUT2D eigenvalue weighted by molar-refractivity contribution is -0.144. The lowest BCUT2D eigenvalue weighted by atomic mass is 10.1. The summed E-state index contributed by atoms with van der Waals surface area (Å²) in [6.45, 7) is 1.00. The third kappa shape index (κ3) is 6.24. The molecule has 3 aromatic rings. The topological polar surface area (TPSA) is 50.4 Å². The molecule has 7 heteroatoms. The van der Waals surface area contributed by atoms with Crippen molar-refractivity contribution >= 4 is 57.1 Å². The normalized spacial score (nSPS) is 10.6. The van der Waals surface area contributed by atoms with Crippen LogP contribution in [-0.4, -0.2) is 22.5 Å². The zero-order chi connectivity index (χ0) is 20.6. The Morgan fingerprint density at radius 1 is 0.897 bits per heavy atom. The number of carbonyl (C=O) groups is 1. The van der Waals surface area contributed by atoms with Crippen molar-refractivity contribution in [1.29, 1.82) is 0 Å². The van der Waals surface area contributed by atoms with E-state index < -0.39 is 0 Å². The van der Waals surface area contributed by atoms with E-state index in [1.165, 1.54) is 0 Å². The third-order valence-electron chi connectivity index (χ3n) is 4.30. The first-order valence-electron chi connectivity index (χ1n) is 9.02. The predicted molar refractivity (Wildman–Crippen MR) is 119 cm³/mol. The molecule has 29 heavy (non-hydrogen) atoms. The minimum Gasteiger partial charge on any atom is -0.461 e. The van der Waals surface area contributed by atoms with Gasteiger partial charge in [0.15, 0.2) is 0 Å². The molecule has 0 spiro atoms. The van der Waals surface area contributed by atoms with Gasteiger partial charge in [0.25, 0.3) is 16.5 Å². The maximum Gasteiger partial charge on any atom is 0.310 e. The number of carbonyl (C=O) groups excluding carboxylic acids is 1. The van der Waals surface area contributed by atoms with Gasteiger partial charge in [0.1, 0.15) is 6.61 Å². The Hall–Kier alpha value is -2.00. The van der Waals surface area contributed by atoms with Gasteiger partial charge >= 0.3 is 5.97 Å². The SMILES string of the molecule is O=C(Cc1ccccc1Nc1c(Cl)cccc1Cl)OCc1ccc(C[NH][Al])cc1. The van der Waals surface area contributed by atoms with Crippen LogP contribution in [-0.2, 0) is 29.1 Å². The van der Waals surface area contributed by atoms with Crippen LogP contribution in [0.15, 0.2) is 66.7 Å². The number of benzene rings is 3. The molecule has 3 rings (SSSR count). The van der Waals surface area contributed by atoms with E-state index in [-0.39, 0.29) is 19.0 Å². The van der Waals surface area contributed by atoms with Crippen molar-refractivity contribution in [3.63, 3.8) is 0 Å². The number of esters is 1. The van der Waals surface area contributed by atoms with Crippen molar-refractivity contribution in [2.24, 2.45) is 0 Å². The number of para-hydroxylation sites is 2. The molecule has 0 aliphatic rings. The lowest BCUT2D eigenvalue weighted by Gasteiger charge is -2.14. The Balaban J connectivity index is 1.63. The lowest BCUT2D eigenvalue weighted by Crippen LogP contribution is -2.10. The van der Waals surface area contributed by atoms with Gasteiger partial charge in [0.05, 0.1) is 22.2 Å². The molecule has 0 amide bonds. The fourth-order valence-electron chi connectivity index (χ4n) is 2.79. The van der Waals surface area contributed by atoms with Gasteiger partial charge in [0, 0.05) is 12.2 Å². The van der Waals surface area contributed by atoms with Crippen LogP contribution in [0, 0.1) is 0 Å². The summed E-state index contributed by atoms with van der Waals surface area (Å²) in [5, 5.41) is 4.25. The molecule has 0 fully saturated rings. The number of hydrogen-bond acceptors (Lipinski definition) is 4. The Morgan fingerprint density at radius 3 is 2.24 bits per heavy atom. The van der Waals surface area contributed by atoms with Gasteiger partial charge in [-0.05, 0) is 34.9 Å². The first-order valence-corrected chi connectivity index (χ1v) is 10.4. The summed E-state index contributed by atoms with van der Waals surface area (Å²) in [7, 11) is 0. The number of anilines is 2. The minimum absolute atomic E-state index is 0.139. The van der Waals surface area contributed by atoms with Gasteiger partial charge in [0.2, 0.25) is 0 Å². The quantitative estimate of drug-likeness (QED) is 0.373.